The Balaban J connectivity index is 1.88. The molecule has 1 atom stereocenters. The number of anilines is 1. The van der Waals surface area contributed by atoms with Gasteiger partial charge in [0, 0.05) is 6.20 Å². The second-order valence-electron chi connectivity index (χ2n) is 3.48. The van der Waals surface area contributed by atoms with Crippen molar-refractivity contribution in [2.24, 2.45) is 0 Å². The number of amides is 1. The molecule has 0 radical (unpaired) electrons. The molecule has 2 rings (SSSR count). The zero-order chi connectivity index (χ0) is 9.80. The van der Waals surface area contributed by atoms with Crippen molar-refractivity contribution in [2.75, 3.05) is 11.9 Å². The Morgan fingerprint density at radius 3 is 3.14 bits per heavy atom. The molecule has 0 bridgehead atoms. The molecule has 0 aliphatic carbocycles. The second-order valence-corrected chi connectivity index (χ2v) is 3.48. The van der Waals surface area contributed by atoms with Crippen LogP contribution in [0.3, 0.4) is 0 Å². The van der Waals surface area contributed by atoms with Gasteiger partial charge in [-0.3, -0.25) is 9.89 Å². The van der Waals surface area contributed by atoms with E-state index in [0.717, 1.165) is 31.5 Å². The first-order valence-corrected chi connectivity index (χ1v) is 4.89. The molecule has 0 aromatic carbocycles. The lowest BCUT2D eigenvalue weighted by Gasteiger charge is -2.21. The van der Waals surface area contributed by atoms with Gasteiger partial charge in [-0.2, -0.15) is 5.10 Å². The van der Waals surface area contributed by atoms with Crippen molar-refractivity contribution in [1.82, 2.24) is 15.5 Å². The molecule has 0 saturated carbocycles. The van der Waals surface area contributed by atoms with E-state index in [4.69, 9.17) is 0 Å². The monoisotopic (exact) mass is 194 g/mol. The lowest BCUT2D eigenvalue weighted by atomic mass is 10.0. The number of aromatic amines is 1. The van der Waals surface area contributed by atoms with Gasteiger partial charge in [0.25, 0.3) is 0 Å². The van der Waals surface area contributed by atoms with Crippen LogP contribution in [0.2, 0.25) is 0 Å². The van der Waals surface area contributed by atoms with E-state index in [0.29, 0.717) is 0 Å². The summed E-state index contributed by atoms with van der Waals surface area (Å²) >= 11 is 0. The molecule has 3 N–H and O–H groups in total. The predicted octanol–water partition coefficient (Wildman–Crippen LogP) is 0.490. The van der Waals surface area contributed by atoms with Crippen LogP contribution in [0, 0.1) is 0 Å². The first-order valence-electron chi connectivity index (χ1n) is 4.89. The molecule has 5 nitrogen and oxygen atoms in total. The minimum absolute atomic E-state index is 0.0334. The molecule has 1 aliphatic rings. The quantitative estimate of drug-likeness (QED) is 0.641. The third kappa shape index (κ3) is 2.11. The number of carbonyl (C=O) groups excluding carboxylic acids is 1. The second kappa shape index (κ2) is 4.23. The van der Waals surface area contributed by atoms with Crippen LogP contribution >= 0.6 is 0 Å². The fourth-order valence-electron chi connectivity index (χ4n) is 1.62. The summed E-state index contributed by atoms with van der Waals surface area (Å²) in [5, 5.41) is 12.4. The third-order valence-electron chi connectivity index (χ3n) is 2.39. The highest BCUT2D eigenvalue weighted by Crippen LogP contribution is 2.09. The minimum atomic E-state index is -0.0429. The Kier molecular flexibility index (Phi) is 2.78. The van der Waals surface area contributed by atoms with Gasteiger partial charge in [0.1, 0.15) is 0 Å². The summed E-state index contributed by atoms with van der Waals surface area (Å²) in [5.74, 6) is 0.0334. The molecular weight excluding hydrogens is 180 g/mol. The number of piperidine rings is 1. The van der Waals surface area contributed by atoms with Gasteiger partial charge >= 0.3 is 0 Å². The average molecular weight is 194 g/mol. The maximum atomic E-state index is 11.7. The van der Waals surface area contributed by atoms with Gasteiger partial charge < -0.3 is 10.6 Å². The normalized spacial score (nSPS) is 21.9. The van der Waals surface area contributed by atoms with Crippen molar-refractivity contribution >= 4 is 11.6 Å². The molecule has 5 heteroatoms. The molecule has 1 aromatic heterocycles. The Morgan fingerprint density at radius 2 is 2.50 bits per heavy atom. The molecule has 1 fully saturated rings. The summed E-state index contributed by atoms with van der Waals surface area (Å²) in [6.45, 7) is 0.934. The van der Waals surface area contributed by atoms with Gasteiger partial charge in [0.2, 0.25) is 5.91 Å². The van der Waals surface area contributed by atoms with E-state index in [1.165, 1.54) is 0 Å². The summed E-state index contributed by atoms with van der Waals surface area (Å²) < 4.78 is 0. The molecule has 76 valence electrons. The molecule has 2 heterocycles. The lowest BCUT2D eigenvalue weighted by molar-refractivity contribution is -0.118. The molecule has 0 spiro atoms. The van der Waals surface area contributed by atoms with Crippen LogP contribution in [-0.4, -0.2) is 28.7 Å². The van der Waals surface area contributed by atoms with Crippen LogP contribution in [0.25, 0.3) is 0 Å². The molecule has 1 aromatic rings. The van der Waals surface area contributed by atoms with Crippen molar-refractivity contribution in [2.45, 2.75) is 25.3 Å². The largest absolute Gasteiger partial charge is 0.322 e. The summed E-state index contributed by atoms with van der Waals surface area (Å²) in [7, 11) is 0. The number of nitrogens with zero attached hydrogens (tertiary/aromatic N) is 1. The predicted molar refractivity (Wildman–Crippen MR) is 52.9 cm³/mol. The van der Waals surface area contributed by atoms with E-state index in [1.807, 2.05) is 0 Å². The van der Waals surface area contributed by atoms with Gasteiger partial charge in [0.05, 0.1) is 17.9 Å². The van der Waals surface area contributed by atoms with Crippen LogP contribution in [-0.2, 0) is 4.79 Å². The number of nitrogens with one attached hydrogen (secondary N) is 3. The lowest BCUT2D eigenvalue weighted by Crippen LogP contribution is -2.43. The molecule has 1 aliphatic heterocycles. The van der Waals surface area contributed by atoms with E-state index >= 15 is 0 Å². The van der Waals surface area contributed by atoms with Crippen molar-refractivity contribution in [3.05, 3.63) is 12.4 Å². The minimum Gasteiger partial charge on any atom is -0.322 e. The van der Waals surface area contributed by atoms with E-state index in [1.54, 1.807) is 12.4 Å². The number of carbonyl (C=O) groups is 1. The van der Waals surface area contributed by atoms with Crippen molar-refractivity contribution < 1.29 is 4.79 Å². The van der Waals surface area contributed by atoms with Gasteiger partial charge in [-0.25, -0.2) is 0 Å². The van der Waals surface area contributed by atoms with Crippen LogP contribution in [0.4, 0.5) is 5.69 Å². The summed E-state index contributed by atoms with van der Waals surface area (Å²) in [5.41, 5.74) is 0.724. The standard InChI is InChI=1S/C9H14N4O/c14-9(8-3-1-2-4-10-8)13-7-5-11-12-6-7/h5-6,8,10H,1-4H2,(H,11,12)(H,13,14)/t8-/m0/s1. The highest BCUT2D eigenvalue weighted by molar-refractivity contribution is 5.94. The summed E-state index contributed by atoms with van der Waals surface area (Å²) in [6, 6.07) is -0.0429. The van der Waals surface area contributed by atoms with Crippen LogP contribution in [0.1, 0.15) is 19.3 Å². The van der Waals surface area contributed by atoms with Gasteiger partial charge in [-0.05, 0) is 19.4 Å². The average Bonchev–Trinajstić information content (AvgIpc) is 2.72. The molecule has 14 heavy (non-hydrogen) atoms. The Morgan fingerprint density at radius 1 is 1.57 bits per heavy atom. The molecular formula is C9H14N4O. The van der Waals surface area contributed by atoms with Gasteiger partial charge in [-0.15, -0.1) is 0 Å². The molecule has 1 saturated heterocycles. The fourth-order valence-corrected chi connectivity index (χ4v) is 1.62. The van der Waals surface area contributed by atoms with Crippen LogP contribution in [0.15, 0.2) is 12.4 Å². The highest BCUT2D eigenvalue weighted by Gasteiger charge is 2.20. The first kappa shape index (κ1) is 9.21. The van der Waals surface area contributed by atoms with E-state index in [-0.39, 0.29) is 11.9 Å². The Bertz CT molecular complexity index is 290. The number of hydrogen-bond donors (Lipinski definition) is 3. The number of H-pyrrole nitrogens is 1. The topological polar surface area (TPSA) is 69.8 Å². The van der Waals surface area contributed by atoms with Gasteiger partial charge in [-0.1, -0.05) is 6.42 Å². The van der Waals surface area contributed by atoms with E-state index in [9.17, 15) is 4.79 Å². The smallest absolute Gasteiger partial charge is 0.241 e. The zero-order valence-electron chi connectivity index (χ0n) is 7.92. The summed E-state index contributed by atoms with van der Waals surface area (Å²) in [6.07, 6.45) is 6.47. The summed E-state index contributed by atoms with van der Waals surface area (Å²) in [4.78, 5) is 11.7. The maximum absolute atomic E-state index is 11.7. The number of hydrogen-bond acceptors (Lipinski definition) is 3. The highest BCUT2D eigenvalue weighted by atomic mass is 16.2. The third-order valence-corrected chi connectivity index (χ3v) is 2.39. The number of rotatable bonds is 2. The van der Waals surface area contributed by atoms with E-state index in [2.05, 4.69) is 20.8 Å². The van der Waals surface area contributed by atoms with Crippen molar-refractivity contribution in [3.63, 3.8) is 0 Å². The maximum Gasteiger partial charge on any atom is 0.241 e. The van der Waals surface area contributed by atoms with E-state index < -0.39 is 0 Å². The van der Waals surface area contributed by atoms with Crippen LogP contribution in [0.5, 0.6) is 0 Å². The SMILES string of the molecule is O=C(Nc1cn[nH]c1)[C@@H]1CCCCN1. The van der Waals surface area contributed by atoms with Crippen molar-refractivity contribution in [3.8, 4) is 0 Å². The number of aromatic nitrogens is 2. The van der Waals surface area contributed by atoms with Crippen LogP contribution < -0.4 is 10.6 Å². The Hall–Kier alpha value is -1.36. The molecule has 0 unspecified atom stereocenters. The molecule has 1 amide bonds. The first-order chi connectivity index (χ1) is 6.86. The fraction of sp³-hybridized carbons (Fsp3) is 0.556. The van der Waals surface area contributed by atoms with Gasteiger partial charge in [0.15, 0.2) is 0 Å². The Labute approximate surface area is 82.3 Å². The van der Waals surface area contributed by atoms with Crippen molar-refractivity contribution in [1.29, 1.82) is 0 Å². The zero-order valence-corrected chi connectivity index (χ0v) is 7.92.